The van der Waals surface area contributed by atoms with Crippen molar-refractivity contribution >= 4 is 46.2 Å². The molecule has 0 bridgehead atoms. The lowest BCUT2D eigenvalue weighted by Gasteiger charge is -2.29. The molecule has 1 saturated heterocycles. The Morgan fingerprint density at radius 2 is 1.94 bits per heavy atom. The molecule has 1 amide bonds. The second-order valence-corrected chi connectivity index (χ2v) is 9.61. The molecule has 0 spiro atoms. The van der Waals surface area contributed by atoms with Gasteiger partial charge in [0.2, 0.25) is 5.91 Å². The second kappa shape index (κ2) is 10.1. The number of hydrogen-bond acceptors (Lipinski definition) is 4. The van der Waals surface area contributed by atoms with Crippen LogP contribution in [0.3, 0.4) is 0 Å². The number of aromatic nitrogens is 3. The number of anilines is 2. The number of halogens is 1. The van der Waals surface area contributed by atoms with Crippen LogP contribution in [0.1, 0.15) is 37.3 Å². The molecule has 0 radical (unpaired) electrons. The summed E-state index contributed by atoms with van der Waals surface area (Å²) in [5.74, 6) is -0.245. The van der Waals surface area contributed by atoms with Crippen LogP contribution in [0, 0.1) is 5.92 Å². The van der Waals surface area contributed by atoms with Gasteiger partial charge >= 0.3 is 0 Å². The Hall–Kier alpha value is -3.75. The summed E-state index contributed by atoms with van der Waals surface area (Å²) in [4.78, 5) is 23.2. The lowest BCUT2D eigenvalue weighted by atomic mass is 10.0. The van der Waals surface area contributed by atoms with Crippen LogP contribution in [0.5, 0.6) is 0 Å². The monoisotopic (exact) mass is 516 g/mol. The van der Waals surface area contributed by atoms with E-state index in [1.54, 1.807) is 12.4 Å². The van der Waals surface area contributed by atoms with Gasteiger partial charge in [0.15, 0.2) is 5.11 Å². The fraction of sp³-hybridized carbons (Fsp3) is 0.185. The smallest absolute Gasteiger partial charge is 0.226 e. The first kappa shape index (κ1) is 24.0. The van der Waals surface area contributed by atoms with E-state index in [1.165, 1.54) is 0 Å². The molecule has 4 heterocycles. The molecule has 1 aliphatic heterocycles. The van der Waals surface area contributed by atoms with Crippen molar-refractivity contribution in [2.45, 2.75) is 25.9 Å². The van der Waals surface area contributed by atoms with Gasteiger partial charge in [-0.3, -0.25) is 14.8 Å². The van der Waals surface area contributed by atoms with E-state index in [4.69, 9.17) is 23.8 Å². The zero-order valence-corrected chi connectivity index (χ0v) is 21.4. The Kier molecular flexibility index (Phi) is 6.71. The summed E-state index contributed by atoms with van der Waals surface area (Å²) in [6, 6.07) is 19.0. The average Bonchev–Trinajstić information content (AvgIpc) is 3.50. The lowest BCUT2D eigenvalue weighted by Crippen LogP contribution is -2.30. The zero-order valence-electron chi connectivity index (χ0n) is 19.8. The molecule has 3 aromatic heterocycles. The number of nitrogens with zero attached hydrogens (tertiary/aromatic N) is 4. The molecule has 0 saturated carbocycles. The maximum Gasteiger partial charge on any atom is 0.226 e. The molecule has 5 rings (SSSR count). The molecule has 1 aromatic carbocycles. The van der Waals surface area contributed by atoms with Crippen LogP contribution in [0.15, 0.2) is 85.5 Å². The quantitative estimate of drug-likeness (QED) is 0.320. The van der Waals surface area contributed by atoms with Gasteiger partial charge in [-0.25, -0.2) is 0 Å². The van der Waals surface area contributed by atoms with Crippen LogP contribution in [0.25, 0.3) is 5.69 Å². The number of amides is 1. The molecule has 0 aliphatic carbocycles. The standard InChI is InChI=1S/C27H25ClN6OS/c1-17(2)26(35)31-21-11-10-18(15-20(21)28)34-25(24(32-27(34)36)22-8-3-4-13-30-22)23-9-6-14-33(23)19-7-5-12-29-16-19/h3-17,24-25H,1-2H3,(H,31,35)(H,32,36)/t24-,25+/m0/s1. The van der Waals surface area contributed by atoms with E-state index >= 15 is 0 Å². The van der Waals surface area contributed by atoms with E-state index in [2.05, 4.69) is 36.1 Å². The number of thiocarbonyl (C=S) groups is 1. The highest BCUT2D eigenvalue weighted by Gasteiger charge is 2.42. The van der Waals surface area contributed by atoms with Crippen LogP contribution < -0.4 is 15.5 Å². The largest absolute Gasteiger partial charge is 0.351 e. The van der Waals surface area contributed by atoms with Crippen molar-refractivity contribution in [1.82, 2.24) is 19.9 Å². The number of rotatable bonds is 6. The summed E-state index contributed by atoms with van der Waals surface area (Å²) < 4.78 is 2.11. The van der Waals surface area contributed by atoms with Crippen molar-refractivity contribution in [1.29, 1.82) is 0 Å². The van der Waals surface area contributed by atoms with E-state index < -0.39 is 0 Å². The number of benzene rings is 1. The normalized spacial score (nSPS) is 17.3. The maximum atomic E-state index is 12.2. The fourth-order valence-electron chi connectivity index (χ4n) is 4.33. The molecular weight excluding hydrogens is 492 g/mol. The molecule has 4 aromatic rings. The van der Waals surface area contributed by atoms with Crippen LogP contribution in [0.4, 0.5) is 11.4 Å². The van der Waals surface area contributed by atoms with Gasteiger partial charge in [-0.05, 0) is 66.8 Å². The highest BCUT2D eigenvalue weighted by atomic mass is 35.5. The third-order valence-electron chi connectivity index (χ3n) is 6.12. The Balaban J connectivity index is 1.59. The van der Waals surface area contributed by atoms with E-state index in [0.717, 1.165) is 22.8 Å². The minimum atomic E-state index is -0.227. The summed E-state index contributed by atoms with van der Waals surface area (Å²) >= 11 is 12.5. The zero-order chi connectivity index (χ0) is 25.2. The molecule has 2 atom stereocenters. The van der Waals surface area contributed by atoms with Crippen molar-refractivity contribution in [3.8, 4) is 5.69 Å². The van der Waals surface area contributed by atoms with Crippen molar-refractivity contribution in [3.63, 3.8) is 0 Å². The van der Waals surface area contributed by atoms with E-state index in [0.29, 0.717) is 15.8 Å². The Labute approximate surface area is 220 Å². The molecule has 182 valence electrons. The van der Waals surface area contributed by atoms with Crippen molar-refractivity contribution in [3.05, 3.63) is 102 Å². The SMILES string of the molecule is CC(C)C(=O)Nc1ccc(N2C(=S)N[C@@H](c3ccccn3)[C@H]2c2cccn2-c2cccnc2)cc1Cl. The molecule has 9 heteroatoms. The second-order valence-electron chi connectivity index (χ2n) is 8.82. The van der Waals surface area contributed by atoms with Crippen LogP contribution >= 0.6 is 23.8 Å². The summed E-state index contributed by atoms with van der Waals surface area (Å²) in [5, 5.41) is 7.35. The number of carbonyl (C=O) groups excluding carboxylic acids is 1. The number of carbonyl (C=O) groups is 1. The summed E-state index contributed by atoms with van der Waals surface area (Å²) in [6.45, 7) is 3.68. The van der Waals surface area contributed by atoms with Gasteiger partial charge in [-0.2, -0.15) is 0 Å². The Bertz CT molecular complexity index is 1390. The van der Waals surface area contributed by atoms with Gasteiger partial charge in [0.25, 0.3) is 0 Å². The molecule has 1 fully saturated rings. The minimum absolute atomic E-state index is 0.0922. The van der Waals surface area contributed by atoms with E-state index in [9.17, 15) is 4.79 Å². The fourth-order valence-corrected chi connectivity index (χ4v) is 4.90. The molecule has 1 aliphatic rings. The predicted molar refractivity (Wildman–Crippen MR) is 146 cm³/mol. The molecule has 36 heavy (non-hydrogen) atoms. The highest BCUT2D eigenvalue weighted by Crippen LogP contribution is 2.43. The van der Waals surface area contributed by atoms with Gasteiger partial charge in [0, 0.05) is 35.9 Å². The van der Waals surface area contributed by atoms with Crippen molar-refractivity contribution < 1.29 is 4.79 Å². The first-order valence-electron chi connectivity index (χ1n) is 11.6. The van der Waals surface area contributed by atoms with Crippen LogP contribution in [-0.2, 0) is 4.79 Å². The summed E-state index contributed by atoms with van der Waals surface area (Å²) in [6.07, 6.45) is 7.37. The number of hydrogen-bond donors (Lipinski definition) is 2. The average molecular weight is 517 g/mol. The lowest BCUT2D eigenvalue weighted by molar-refractivity contribution is -0.118. The Morgan fingerprint density at radius 1 is 1.08 bits per heavy atom. The highest BCUT2D eigenvalue weighted by molar-refractivity contribution is 7.80. The van der Waals surface area contributed by atoms with Gasteiger partial charge in [0.05, 0.1) is 34.3 Å². The van der Waals surface area contributed by atoms with Crippen LogP contribution in [-0.4, -0.2) is 25.6 Å². The molecule has 0 unspecified atom stereocenters. The van der Waals surface area contributed by atoms with Crippen molar-refractivity contribution in [2.24, 2.45) is 5.92 Å². The topological polar surface area (TPSA) is 75.1 Å². The van der Waals surface area contributed by atoms with Gasteiger partial charge < -0.3 is 20.1 Å². The summed E-state index contributed by atoms with van der Waals surface area (Å²) in [7, 11) is 0. The van der Waals surface area contributed by atoms with E-state index in [-0.39, 0.29) is 23.9 Å². The molecular formula is C27H25ClN6OS. The number of nitrogens with one attached hydrogen (secondary N) is 2. The maximum absolute atomic E-state index is 12.2. The minimum Gasteiger partial charge on any atom is -0.351 e. The first-order valence-corrected chi connectivity index (χ1v) is 12.4. The molecule has 2 N–H and O–H groups in total. The van der Waals surface area contributed by atoms with Gasteiger partial charge in [-0.15, -0.1) is 0 Å². The Morgan fingerprint density at radius 3 is 2.64 bits per heavy atom. The van der Waals surface area contributed by atoms with E-state index in [1.807, 2.05) is 80.8 Å². The first-order chi connectivity index (χ1) is 17.4. The van der Waals surface area contributed by atoms with Crippen LogP contribution in [0.2, 0.25) is 5.02 Å². The van der Waals surface area contributed by atoms with Gasteiger partial charge in [-0.1, -0.05) is 31.5 Å². The molecule has 7 nitrogen and oxygen atoms in total. The summed E-state index contributed by atoms with van der Waals surface area (Å²) in [5.41, 5.74) is 4.20. The third-order valence-corrected chi connectivity index (χ3v) is 6.75. The number of pyridine rings is 2. The van der Waals surface area contributed by atoms with Crippen molar-refractivity contribution in [2.75, 3.05) is 10.2 Å². The van der Waals surface area contributed by atoms with Gasteiger partial charge in [0.1, 0.15) is 6.04 Å². The third kappa shape index (κ3) is 4.57. The predicted octanol–water partition coefficient (Wildman–Crippen LogP) is 5.69.